The first-order chi connectivity index (χ1) is 22.4. The number of aromatic nitrogens is 1. The first-order valence-electron chi connectivity index (χ1n) is 14.4. The zero-order valence-electron chi connectivity index (χ0n) is 25.5. The second-order valence-electron chi connectivity index (χ2n) is 10.7. The van der Waals surface area contributed by atoms with Crippen LogP contribution in [0, 0.1) is 6.92 Å². The third-order valence-electron chi connectivity index (χ3n) is 7.39. The largest absolute Gasteiger partial charge is 0.341 e. The van der Waals surface area contributed by atoms with Crippen LogP contribution in [0.2, 0.25) is 5.02 Å². The van der Waals surface area contributed by atoms with Gasteiger partial charge in [0.2, 0.25) is 11.8 Å². The van der Waals surface area contributed by atoms with E-state index in [2.05, 4.69) is 15.4 Å². The number of nitrogens with zero attached hydrogens (tertiary/aromatic N) is 1. The van der Waals surface area contributed by atoms with Crippen molar-refractivity contribution in [2.24, 2.45) is 7.05 Å². The third kappa shape index (κ3) is 7.10. The maximum Gasteiger partial charge on any atom is 0.262 e. The van der Waals surface area contributed by atoms with E-state index in [1.165, 1.54) is 31.2 Å². The zero-order valence-corrected chi connectivity index (χ0v) is 27.9. The van der Waals surface area contributed by atoms with Crippen LogP contribution in [-0.4, -0.2) is 36.0 Å². The summed E-state index contributed by atoms with van der Waals surface area (Å²) < 4.78 is 30.6. The molecule has 0 radical (unpaired) electrons. The van der Waals surface area contributed by atoms with Crippen molar-refractivity contribution in [2.75, 3.05) is 15.4 Å². The number of carbonyl (C=O) groups is 3. The lowest BCUT2D eigenvalue weighted by atomic mass is 9.99. The second-order valence-corrected chi connectivity index (χ2v) is 13.2. The lowest BCUT2D eigenvalue weighted by Crippen LogP contribution is -2.31. The van der Waals surface area contributed by atoms with Gasteiger partial charge < -0.3 is 15.2 Å². The average Bonchev–Trinajstić information content (AvgIpc) is 3.33. The number of carbonyl (C=O) groups excluding carboxylic acids is 3. The van der Waals surface area contributed by atoms with Gasteiger partial charge in [-0.25, -0.2) is 8.42 Å². The molecule has 47 heavy (non-hydrogen) atoms. The molecule has 0 bridgehead atoms. The van der Waals surface area contributed by atoms with Gasteiger partial charge >= 0.3 is 0 Å². The number of aryl methyl sites for hydroxylation is 1. The molecule has 5 aromatic rings. The summed E-state index contributed by atoms with van der Waals surface area (Å²) in [6.45, 7) is 3.00. The Bertz CT molecular complexity index is 2100. The molecule has 2 amide bonds. The van der Waals surface area contributed by atoms with Gasteiger partial charge in [-0.2, -0.15) is 0 Å². The number of para-hydroxylation sites is 1. The van der Waals surface area contributed by atoms with Crippen molar-refractivity contribution in [3.8, 4) is 22.5 Å². The molecule has 0 saturated carbocycles. The van der Waals surface area contributed by atoms with Crippen LogP contribution >= 0.6 is 23.2 Å². The molecular weight excluding hydrogens is 659 g/mol. The number of alkyl halides is 1. The Balaban J connectivity index is 1.53. The van der Waals surface area contributed by atoms with E-state index >= 15 is 0 Å². The quantitative estimate of drug-likeness (QED) is 0.0795. The number of halogens is 2. The molecule has 1 heterocycles. The molecule has 0 saturated heterocycles. The molecule has 1 unspecified atom stereocenters. The van der Waals surface area contributed by atoms with Gasteiger partial charge in [-0.1, -0.05) is 90.5 Å². The number of rotatable bonds is 10. The van der Waals surface area contributed by atoms with Crippen molar-refractivity contribution in [3.05, 3.63) is 119 Å². The molecule has 1 atom stereocenters. The Morgan fingerprint density at radius 1 is 0.766 bits per heavy atom. The van der Waals surface area contributed by atoms with Gasteiger partial charge in [-0.3, -0.25) is 19.1 Å². The zero-order chi connectivity index (χ0) is 33.9. The van der Waals surface area contributed by atoms with E-state index < -0.39 is 33.0 Å². The molecule has 0 aliphatic rings. The maximum absolute atomic E-state index is 14.2. The topological polar surface area (TPSA) is 126 Å². The molecular formula is C35H30Cl2N4O5S. The van der Waals surface area contributed by atoms with Crippen molar-refractivity contribution < 1.29 is 22.8 Å². The fourth-order valence-electron chi connectivity index (χ4n) is 5.18. The van der Waals surface area contributed by atoms with E-state index in [9.17, 15) is 22.8 Å². The predicted molar refractivity (Wildman–Crippen MR) is 187 cm³/mol. The van der Waals surface area contributed by atoms with E-state index in [0.717, 1.165) is 5.56 Å². The average molecular weight is 690 g/mol. The summed E-state index contributed by atoms with van der Waals surface area (Å²) in [7, 11) is -2.33. The molecule has 240 valence electrons. The number of Topliss-reactive ketones (excluding diaryl/α,β-unsaturated/α-hetero) is 1. The summed E-state index contributed by atoms with van der Waals surface area (Å²) in [6, 6.07) is 28.8. The van der Waals surface area contributed by atoms with Gasteiger partial charge in [0, 0.05) is 25.2 Å². The number of ketones is 1. The minimum absolute atomic E-state index is 0.0555. The fraction of sp³-hybridized carbons (Fsp3) is 0.114. The van der Waals surface area contributed by atoms with Crippen molar-refractivity contribution in [3.63, 3.8) is 0 Å². The Morgan fingerprint density at radius 2 is 1.34 bits per heavy atom. The van der Waals surface area contributed by atoms with Gasteiger partial charge in [0.1, 0.15) is 0 Å². The minimum atomic E-state index is -4.10. The highest BCUT2D eigenvalue weighted by Gasteiger charge is 2.35. The lowest BCUT2D eigenvalue weighted by Gasteiger charge is -2.15. The normalized spacial score (nSPS) is 11.9. The van der Waals surface area contributed by atoms with Crippen molar-refractivity contribution in [2.45, 2.75) is 24.1 Å². The maximum atomic E-state index is 14.2. The van der Waals surface area contributed by atoms with Gasteiger partial charge in [0.15, 0.2) is 11.2 Å². The van der Waals surface area contributed by atoms with Crippen LogP contribution in [0.5, 0.6) is 0 Å². The van der Waals surface area contributed by atoms with E-state index in [1.54, 1.807) is 36.7 Å². The summed E-state index contributed by atoms with van der Waals surface area (Å²) >= 11 is 12.8. The van der Waals surface area contributed by atoms with E-state index in [0.29, 0.717) is 22.5 Å². The number of hydrogen-bond acceptors (Lipinski definition) is 5. The Hall–Kier alpha value is -4.90. The van der Waals surface area contributed by atoms with Crippen molar-refractivity contribution in [1.82, 2.24) is 4.57 Å². The third-order valence-corrected chi connectivity index (χ3v) is 9.48. The van der Waals surface area contributed by atoms with Gasteiger partial charge in [0.05, 0.1) is 38.2 Å². The molecule has 3 N–H and O–H groups in total. The van der Waals surface area contributed by atoms with E-state index in [1.807, 2.05) is 60.7 Å². The Morgan fingerprint density at radius 3 is 1.94 bits per heavy atom. The Kier molecular flexibility index (Phi) is 9.85. The summed E-state index contributed by atoms with van der Waals surface area (Å²) in [5, 5.41) is 3.88. The molecule has 4 aromatic carbocycles. The minimum Gasteiger partial charge on any atom is -0.341 e. The summed E-state index contributed by atoms with van der Waals surface area (Å²) in [5.74, 6) is -2.06. The van der Waals surface area contributed by atoms with Crippen LogP contribution in [0.3, 0.4) is 0 Å². The predicted octanol–water partition coefficient (Wildman–Crippen LogP) is 7.51. The second kappa shape index (κ2) is 13.8. The molecule has 9 nitrogen and oxygen atoms in total. The number of sulfonamides is 1. The van der Waals surface area contributed by atoms with Crippen LogP contribution in [0.4, 0.5) is 17.1 Å². The summed E-state index contributed by atoms with van der Waals surface area (Å²) in [5.41, 5.74) is 3.51. The van der Waals surface area contributed by atoms with Crippen LogP contribution in [0.25, 0.3) is 22.5 Å². The smallest absolute Gasteiger partial charge is 0.262 e. The first kappa shape index (κ1) is 33.5. The SMILES string of the molecule is CC(=O)Nc1c(C(=O)C(Cl)C(=O)Nc2cc(S(=O)(=O)Nc3ccccc3Cl)ccc2C)c(-c2ccccc2)n(C)c1-c1ccccc1. The van der Waals surface area contributed by atoms with Crippen molar-refractivity contribution >= 4 is 67.9 Å². The van der Waals surface area contributed by atoms with Crippen LogP contribution < -0.4 is 15.4 Å². The van der Waals surface area contributed by atoms with Crippen LogP contribution in [-0.2, 0) is 26.7 Å². The molecule has 12 heteroatoms. The molecule has 0 spiro atoms. The van der Waals surface area contributed by atoms with Gasteiger partial charge in [0.25, 0.3) is 10.0 Å². The highest BCUT2D eigenvalue weighted by Crippen LogP contribution is 2.42. The van der Waals surface area contributed by atoms with E-state index in [-0.39, 0.29) is 32.5 Å². The molecule has 0 aliphatic carbocycles. The molecule has 0 aliphatic heterocycles. The molecule has 0 fully saturated rings. The van der Waals surface area contributed by atoms with Gasteiger partial charge in [-0.15, -0.1) is 11.6 Å². The number of benzene rings is 4. The highest BCUT2D eigenvalue weighted by molar-refractivity contribution is 7.92. The molecule has 1 aromatic heterocycles. The van der Waals surface area contributed by atoms with Crippen LogP contribution in [0.1, 0.15) is 22.8 Å². The standard InChI is InChI=1S/C35H30Cl2N4O5S/c1-21-18-19-25(47(45,46)40-27-17-11-10-16-26(27)36)20-28(21)39-35(44)30(37)34(43)29-31(38-22(2)42)33(24-14-8-5-9-15-24)41(3)32(29)23-12-6-4-7-13-23/h4-20,30,40H,1-3H3,(H,38,42)(H,39,44). The van der Waals surface area contributed by atoms with Crippen LogP contribution in [0.15, 0.2) is 108 Å². The van der Waals surface area contributed by atoms with Gasteiger partial charge in [-0.05, 0) is 42.3 Å². The summed E-state index contributed by atoms with van der Waals surface area (Å²) in [4.78, 5) is 40.1. The number of hydrogen-bond donors (Lipinski definition) is 3. The molecule has 5 rings (SSSR count). The Labute approximate surface area is 282 Å². The number of anilines is 3. The highest BCUT2D eigenvalue weighted by atomic mass is 35.5. The fourth-order valence-corrected chi connectivity index (χ4v) is 6.69. The summed E-state index contributed by atoms with van der Waals surface area (Å²) in [6.07, 6.45) is 0. The first-order valence-corrected chi connectivity index (χ1v) is 16.7. The lowest BCUT2D eigenvalue weighted by molar-refractivity contribution is -0.115. The number of nitrogens with one attached hydrogen (secondary N) is 3. The monoisotopic (exact) mass is 688 g/mol. The van der Waals surface area contributed by atoms with Crippen molar-refractivity contribution in [1.29, 1.82) is 0 Å². The van der Waals surface area contributed by atoms with E-state index in [4.69, 9.17) is 23.2 Å². The number of amides is 2.